The Morgan fingerprint density at radius 3 is 2.00 bits per heavy atom. The SMILES string of the molecule is COC(=O)c1cc(C(=O)OC)cc(-c2ccc(OC3OC(CO)C(O)C(O)C3F)cc2)c1. The molecule has 0 aliphatic carbocycles. The summed E-state index contributed by atoms with van der Waals surface area (Å²) in [6, 6.07) is 10.7. The zero-order chi connectivity index (χ0) is 23.4. The van der Waals surface area contributed by atoms with Gasteiger partial charge in [0.15, 0.2) is 6.17 Å². The van der Waals surface area contributed by atoms with Gasteiger partial charge in [-0.1, -0.05) is 12.1 Å². The molecule has 1 aliphatic heterocycles. The second-order valence-electron chi connectivity index (χ2n) is 7.08. The molecule has 1 saturated heterocycles. The third-order valence-corrected chi connectivity index (χ3v) is 5.02. The molecule has 0 aromatic heterocycles. The van der Waals surface area contributed by atoms with Crippen LogP contribution in [0.2, 0.25) is 0 Å². The van der Waals surface area contributed by atoms with Crippen LogP contribution < -0.4 is 4.74 Å². The topological polar surface area (TPSA) is 132 Å². The number of hydrogen-bond donors (Lipinski definition) is 3. The van der Waals surface area contributed by atoms with Crippen molar-refractivity contribution >= 4 is 11.9 Å². The number of carbonyl (C=O) groups excluding carboxylic acids is 2. The van der Waals surface area contributed by atoms with Crippen LogP contribution >= 0.6 is 0 Å². The highest BCUT2D eigenvalue weighted by atomic mass is 19.1. The predicted octanol–water partition coefficient (Wildman–Crippen LogP) is 1.08. The van der Waals surface area contributed by atoms with E-state index < -0.39 is 49.3 Å². The molecule has 0 bridgehead atoms. The number of hydrogen-bond acceptors (Lipinski definition) is 9. The van der Waals surface area contributed by atoms with Crippen LogP contribution in [0.1, 0.15) is 20.7 Å². The lowest BCUT2D eigenvalue weighted by molar-refractivity contribution is -0.261. The summed E-state index contributed by atoms with van der Waals surface area (Å²) in [5, 5.41) is 28.7. The van der Waals surface area contributed by atoms with Crippen LogP contribution in [0.5, 0.6) is 5.75 Å². The van der Waals surface area contributed by atoms with Gasteiger partial charge in [0.1, 0.15) is 24.1 Å². The zero-order valence-corrected chi connectivity index (χ0v) is 17.3. The highest BCUT2D eigenvalue weighted by molar-refractivity contribution is 5.97. The molecule has 0 spiro atoms. The van der Waals surface area contributed by atoms with Crippen LogP contribution in [0, 0.1) is 0 Å². The number of ether oxygens (including phenoxy) is 4. The third-order valence-electron chi connectivity index (χ3n) is 5.02. The monoisotopic (exact) mass is 450 g/mol. The second kappa shape index (κ2) is 10.0. The molecule has 3 rings (SSSR count). The van der Waals surface area contributed by atoms with E-state index in [-0.39, 0.29) is 16.9 Å². The number of carbonyl (C=O) groups is 2. The van der Waals surface area contributed by atoms with Gasteiger partial charge in [0, 0.05) is 0 Å². The predicted molar refractivity (Wildman–Crippen MR) is 108 cm³/mol. The van der Waals surface area contributed by atoms with E-state index in [9.17, 15) is 29.3 Å². The highest BCUT2D eigenvalue weighted by Gasteiger charge is 2.46. The van der Waals surface area contributed by atoms with Crippen molar-refractivity contribution in [2.24, 2.45) is 0 Å². The van der Waals surface area contributed by atoms with Crippen molar-refractivity contribution in [3.63, 3.8) is 0 Å². The van der Waals surface area contributed by atoms with Gasteiger partial charge >= 0.3 is 11.9 Å². The first-order chi connectivity index (χ1) is 15.3. The Kier molecular flexibility index (Phi) is 7.41. The Morgan fingerprint density at radius 2 is 1.50 bits per heavy atom. The average molecular weight is 450 g/mol. The lowest BCUT2D eigenvalue weighted by atomic mass is 9.99. The van der Waals surface area contributed by atoms with Crippen LogP contribution in [0.3, 0.4) is 0 Å². The van der Waals surface area contributed by atoms with E-state index in [1.165, 1.54) is 32.4 Å². The summed E-state index contributed by atoms with van der Waals surface area (Å²) in [6.07, 6.45) is -8.12. The number of halogens is 1. The molecule has 1 aliphatic rings. The van der Waals surface area contributed by atoms with E-state index >= 15 is 0 Å². The molecular weight excluding hydrogens is 427 g/mol. The molecule has 2 aromatic carbocycles. The van der Waals surface area contributed by atoms with Crippen LogP contribution in [0.25, 0.3) is 11.1 Å². The number of alkyl halides is 1. The Bertz CT molecular complexity index is 926. The maximum Gasteiger partial charge on any atom is 0.337 e. The molecule has 1 heterocycles. The minimum Gasteiger partial charge on any atom is -0.465 e. The first-order valence-corrected chi connectivity index (χ1v) is 9.64. The molecule has 1 fully saturated rings. The summed E-state index contributed by atoms with van der Waals surface area (Å²) in [5.41, 5.74) is 1.45. The minimum atomic E-state index is -2.04. The zero-order valence-electron chi connectivity index (χ0n) is 17.3. The molecule has 172 valence electrons. The number of rotatable bonds is 6. The van der Waals surface area contributed by atoms with E-state index in [0.29, 0.717) is 11.1 Å². The van der Waals surface area contributed by atoms with Crippen molar-refractivity contribution in [3.05, 3.63) is 53.6 Å². The second-order valence-corrected chi connectivity index (χ2v) is 7.08. The van der Waals surface area contributed by atoms with Gasteiger partial charge in [0.05, 0.1) is 32.0 Å². The molecule has 5 unspecified atom stereocenters. The van der Waals surface area contributed by atoms with Gasteiger partial charge < -0.3 is 34.3 Å². The van der Waals surface area contributed by atoms with Gasteiger partial charge in [-0.15, -0.1) is 0 Å². The number of methoxy groups -OCH3 is 2. The van der Waals surface area contributed by atoms with Crippen molar-refractivity contribution in [2.45, 2.75) is 30.8 Å². The van der Waals surface area contributed by atoms with Crippen LogP contribution in [0.15, 0.2) is 42.5 Å². The van der Waals surface area contributed by atoms with Crippen LogP contribution in [-0.2, 0) is 14.2 Å². The van der Waals surface area contributed by atoms with Crippen molar-refractivity contribution in [1.82, 2.24) is 0 Å². The first kappa shape index (κ1) is 23.6. The Balaban J connectivity index is 1.84. The maximum atomic E-state index is 14.3. The van der Waals surface area contributed by atoms with Crippen molar-refractivity contribution < 1.29 is 48.2 Å². The first-order valence-electron chi connectivity index (χ1n) is 9.64. The molecule has 2 aromatic rings. The van der Waals surface area contributed by atoms with Crippen molar-refractivity contribution in [2.75, 3.05) is 20.8 Å². The lowest BCUT2D eigenvalue weighted by Gasteiger charge is -2.38. The van der Waals surface area contributed by atoms with Crippen LogP contribution in [0.4, 0.5) is 4.39 Å². The highest BCUT2D eigenvalue weighted by Crippen LogP contribution is 2.29. The fraction of sp³-hybridized carbons (Fsp3) is 0.364. The molecule has 5 atom stereocenters. The number of esters is 2. The van der Waals surface area contributed by atoms with Crippen LogP contribution in [-0.4, -0.2) is 78.9 Å². The smallest absolute Gasteiger partial charge is 0.337 e. The quantitative estimate of drug-likeness (QED) is 0.553. The molecule has 0 radical (unpaired) electrons. The standard InChI is InChI=1S/C22H23FO9/c1-29-20(27)13-7-12(8-14(9-13)21(28)30-2)11-3-5-15(6-4-11)31-22-17(23)19(26)18(25)16(10-24)32-22/h3-9,16-19,22,24-26H,10H2,1-2H3. The largest absolute Gasteiger partial charge is 0.465 e. The summed E-state index contributed by atoms with van der Waals surface area (Å²) < 4.78 is 34.4. The maximum absolute atomic E-state index is 14.3. The Morgan fingerprint density at radius 1 is 0.938 bits per heavy atom. The van der Waals surface area contributed by atoms with Gasteiger partial charge in [-0.05, 0) is 41.5 Å². The number of aliphatic hydroxyl groups excluding tert-OH is 3. The summed E-state index contributed by atoms with van der Waals surface area (Å²) in [6.45, 7) is -0.622. The number of aliphatic hydroxyl groups is 3. The lowest BCUT2D eigenvalue weighted by Crippen LogP contribution is -2.58. The van der Waals surface area contributed by atoms with Gasteiger partial charge in [-0.2, -0.15) is 0 Å². The Hall–Kier alpha value is -3.05. The minimum absolute atomic E-state index is 0.157. The summed E-state index contributed by atoms with van der Waals surface area (Å²) in [7, 11) is 2.45. The fourth-order valence-corrected chi connectivity index (χ4v) is 3.27. The fourth-order valence-electron chi connectivity index (χ4n) is 3.27. The summed E-state index contributed by atoms with van der Waals surface area (Å²) in [4.78, 5) is 23.9. The van der Waals surface area contributed by atoms with E-state index in [2.05, 4.69) is 0 Å². The van der Waals surface area contributed by atoms with Gasteiger partial charge in [0.2, 0.25) is 6.29 Å². The molecular formula is C22H23FO9. The third kappa shape index (κ3) is 4.89. The normalized spacial score (nSPS) is 25.1. The molecule has 9 nitrogen and oxygen atoms in total. The summed E-state index contributed by atoms with van der Waals surface area (Å²) in [5.74, 6) is -1.06. The summed E-state index contributed by atoms with van der Waals surface area (Å²) >= 11 is 0. The molecule has 32 heavy (non-hydrogen) atoms. The van der Waals surface area contributed by atoms with Crippen molar-refractivity contribution in [3.8, 4) is 16.9 Å². The van der Waals surface area contributed by atoms with E-state index in [1.807, 2.05) is 0 Å². The molecule has 0 saturated carbocycles. The molecule has 10 heteroatoms. The molecule has 0 amide bonds. The van der Waals surface area contributed by atoms with Gasteiger partial charge in [-0.25, -0.2) is 14.0 Å². The van der Waals surface area contributed by atoms with Gasteiger partial charge in [0.25, 0.3) is 0 Å². The van der Waals surface area contributed by atoms with E-state index in [0.717, 1.165) is 0 Å². The average Bonchev–Trinajstić information content (AvgIpc) is 2.83. The Labute approximate surface area is 182 Å². The van der Waals surface area contributed by atoms with Crippen molar-refractivity contribution in [1.29, 1.82) is 0 Å². The van der Waals surface area contributed by atoms with E-state index in [1.54, 1.807) is 24.3 Å². The van der Waals surface area contributed by atoms with E-state index in [4.69, 9.17) is 18.9 Å². The number of benzene rings is 2. The van der Waals surface area contributed by atoms with Gasteiger partial charge in [-0.3, -0.25) is 0 Å². The molecule has 3 N–H and O–H groups in total.